The van der Waals surface area contributed by atoms with Gasteiger partial charge in [0.1, 0.15) is 6.21 Å². The second kappa shape index (κ2) is 3.31. The number of imidazole rings is 1. The summed E-state index contributed by atoms with van der Waals surface area (Å²) < 4.78 is 1.82. The number of rotatable bonds is 1. The van der Waals surface area contributed by atoms with Gasteiger partial charge in [0.15, 0.2) is 5.82 Å². The van der Waals surface area contributed by atoms with Gasteiger partial charge < -0.3 is 9.77 Å². The summed E-state index contributed by atoms with van der Waals surface area (Å²) in [4.78, 5) is 4.23. The molecule has 0 aliphatic rings. The van der Waals surface area contributed by atoms with Crippen molar-refractivity contribution in [1.29, 1.82) is 0 Å². The van der Waals surface area contributed by atoms with Gasteiger partial charge in [-0.3, -0.25) is 0 Å². The van der Waals surface area contributed by atoms with Crippen LogP contribution in [0, 0.1) is 0 Å². The van der Waals surface area contributed by atoms with Gasteiger partial charge in [-0.15, -0.1) is 0 Å². The highest BCUT2D eigenvalue weighted by Crippen LogP contribution is 2.18. The van der Waals surface area contributed by atoms with E-state index in [1.807, 2.05) is 17.7 Å². The second-order valence-electron chi connectivity index (χ2n) is 2.91. The molecule has 0 fully saturated rings. The Morgan fingerprint density at radius 1 is 1.57 bits per heavy atom. The molecule has 0 saturated carbocycles. The zero-order chi connectivity index (χ0) is 10.1. The molecule has 1 aromatic carbocycles. The SMILES string of the molecule is Cn1c(/C=N\O)nc2cc(Cl)ccc21. The number of aryl methyl sites for hydroxylation is 1. The van der Waals surface area contributed by atoms with Gasteiger partial charge in [-0.25, -0.2) is 4.98 Å². The van der Waals surface area contributed by atoms with Crippen LogP contribution in [0.3, 0.4) is 0 Å². The van der Waals surface area contributed by atoms with Crippen LogP contribution < -0.4 is 0 Å². The highest BCUT2D eigenvalue weighted by molar-refractivity contribution is 6.31. The maximum atomic E-state index is 8.41. The van der Waals surface area contributed by atoms with Crippen LogP contribution >= 0.6 is 11.6 Å². The van der Waals surface area contributed by atoms with Gasteiger partial charge in [0.2, 0.25) is 0 Å². The summed E-state index contributed by atoms with van der Waals surface area (Å²) in [5.74, 6) is 0.588. The van der Waals surface area contributed by atoms with Crippen molar-refractivity contribution >= 4 is 28.8 Å². The third-order valence-corrected chi connectivity index (χ3v) is 2.29. The molecule has 0 spiro atoms. The molecule has 14 heavy (non-hydrogen) atoms. The predicted molar refractivity (Wildman–Crippen MR) is 55.1 cm³/mol. The highest BCUT2D eigenvalue weighted by Gasteiger charge is 2.05. The maximum absolute atomic E-state index is 8.41. The molecule has 0 amide bonds. The first-order chi connectivity index (χ1) is 6.72. The first kappa shape index (κ1) is 9.02. The number of aromatic nitrogens is 2. The standard InChI is InChI=1S/C9H8ClN3O/c1-13-8-3-2-6(10)4-7(8)12-9(13)5-11-14/h2-5,14H,1H3/b11-5-. The Morgan fingerprint density at radius 2 is 2.36 bits per heavy atom. The molecule has 0 aliphatic carbocycles. The predicted octanol–water partition coefficient (Wildman–Crippen LogP) is 2.03. The van der Waals surface area contributed by atoms with E-state index in [4.69, 9.17) is 16.8 Å². The van der Waals surface area contributed by atoms with Crippen molar-refractivity contribution in [3.05, 3.63) is 29.0 Å². The number of hydrogen-bond acceptors (Lipinski definition) is 3. The number of fused-ring (bicyclic) bond motifs is 1. The minimum Gasteiger partial charge on any atom is -0.411 e. The van der Waals surface area contributed by atoms with Crippen LogP contribution in [0.5, 0.6) is 0 Å². The minimum absolute atomic E-state index is 0.588. The third-order valence-electron chi connectivity index (χ3n) is 2.05. The van der Waals surface area contributed by atoms with Gasteiger partial charge in [-0.05, 0) is 18.2 Å². The molecule has 1 heterocycles. The second-order valence-corrected chi connectivity index (χ2v) is 3.34. The molecule has 0 unspecified atom stereocenters. The van der Waals surface area contributed by atoms with Crippen molar-refractivity contribution < 1.29 is 5.21 Å². The smallest absolute Gasteiger partial charge is 0.155 e. The molecule has 0 radical (unpaired) electrons. The van der Waals surface area contributed by atoms with Crippen LogP contribution in [0.1, 0.15) is 5.82 Å². The minimum atomic E-state index is 0.588. The van der Waals surface area contributed by atoms with Gasteiger partial charge in [0.25, 0.3) is 0 Å². The molecule has 4 nitrogen and oxygen atoms in total. The lowest BCUT2D eigenvalue weighted by atomic mass is 10.3. The molecule has 2 aromatic rings. The van der Waals surface area contributed by atoms with Crippen molar-refractivity contribution in [1.82, 2.24) is 9.55 Å². The molecule has 0 saturated heterocycles. The Hall–Kier alpha value is -1.55. The van der Waals surface area contributed by atoms with E-state index in [0.29, 0.717) is 10.8 Å². The summed E-state index contributed by atoms with van der Waals surface area (Å²) in [5, 5.41) is 12.0. The van der Waals surface area contributed by atoms with E-state index in [-0.39, 0.29) is 0 Å². The first-order valence-corrected chi connectivity index (χ1v) is 4.39. The first-order valence-electron chi connectivity index (χ1n) is 4.02. The van der Waals surface area contributed by atoms with Crippen LogP contribution in [0.15, 0.2) is 23.4 Å². The van der Waals surface area contributed by atoms with Crippen molar-refractivity contribution in [2.45, 2.75) is 0 Å². The fourth-order valence-electron chi connectivity index (χ4n) is 1.36. The molecule has 0 aliphatic heterocycles. The van der Waals surface area contributed by atoms with Crippen molar-refractivity contribution in [2.75, 3.05) is 0 Å². The number of hydrogen-bond donors (Lipinski definition) is 1. The largest absolute Gasteiger partial charge is 0.411 e. The molecule has 72 valence electrons. The summed E-state index contributed by atoms with van der Waals surface area (Å²) in [6.07, 6.45) is 1.29. The summed E-state index contributed by atoms with van der Waals surface area (Å²) in [6, 6.07) is 5.44. The molecule has 5 heteroatoms. The van der Waals surface area contributed by atoms with Crippen molar-refractivity contribution in [3.8, 4) is 0 Å². The molecule has 1 N–H and O–H groups in total. The molecule has 1 aromatic heterocycles. The normalized spacial score (nSPS) is 11.6. The summed E-state index contributed by atoms with van der Waals surface area (Å²) in [6.45, 7) is 0. The molecular formula is C9H8ClN3O. The van der Waals surface area contributed by atoms with Crippen LogP contribution in [-0.4, -0.2) is 21.0 Å². The van der Waals surface area contributed by atoms with Crippen molar-refractivity contribution in [3.63, 3.8) is 0 Å². The Morgan fingerprint density at radius 3 is 3.07 bits per heavy atom. The lowest BCUT2D eigenvalue weighted by Gasteiger charge is -1.95. The third kappa shape index (κ3) is 1.33. The monoisotopic (exact) mass is 209 g/mol. The summed E-state index contributed by atoms with van der Waals surface area (Å²) in [7, 11) is 1.85. The number of oxime groups is 1. The van der Waals surface area contributed by atoms with Crippen LogP contribution in [0.2, 0.25) is 5.02 Å². The van der Waals surface area contributed by atoms with Crippen LogP contribution in [0.25, 0.3) is 11.0 Å². The van der Waals surface area contributed by atoms with E-state index >= 15 is 0 Å². The summed E-state index contributed by atoms with van der Waals surface area (Å²) >= 11 is 5.83. The van der Waals surface area contributed by atoms with Gasteiger partial charge >= 0.3 is 0 Å². The average Bonchev–Trinajstić information content (AvgIpc) is 2.44. The number of halogens is 1. The number of benzene rings is 1. The van der Waals surface area contributed by atoms with Crippen molar-refractivity contribution in [2.24, 2.45) is 12.2 Å². The van der Waals surface area contributed by atoms with Crippen LogP contribution in [0.4, 0.5) is 0 Å². The quantitative estimate of drug-likeness (QED) is 0.444. The van der Waals surface area contributed by atoms with Gasteiger partial charge in [-0.1, -0.05) is 16.8 Å². The highest BCUT2D eigenvalue weighted by atomic mass is 35.5. The topological polar surface area (TPSA) is 50.4 Å². The molecule has 2 rings (SSSR count). The lowest BCUT2D eigenvalue weighted by molar-refractivity contribution is 0.321. The van der Waals surface area contributed by atoms with E-state index in [1.54, 1.807) is 12.1 Å². The Labute approximate surface area is 85.4 Å². The van der Waals surface area contributed by atoms with E-state index in [1.165, 1.54) is 6.21 Å². The number of nitrogens with zero attached hydrogens (tertiary/aromatic N) is 3. The molecule has 0 atom stereocenters. The van der Waals surface area contributed by atoms with Gasteiger partial charge in [-0.2, -0.15) is 0 Å². The van der Waals surface area contributed by atoms with Gasteiger partial charge in [0, 0.05) is 12.1 Å². The van der Waals surface area contributed by atoms with E-state index in [0.717, 1.165) is 11.0 Å². The van der Waals surface area contributed by atoms with Gasteiger partial charge in [0.05, 0.1) is 11.0 Å². The summed E-state index contributed by atoms with van der Waals surface area (Å²) in [5.41, 5.74) is 1.74. The Balaban J connectivity index is 2.73. The Kier molecular flexibility index (Phi) is 2.13. The average molecular weight is 210 g/mol. The zero-order valence-corrected chi connectivity index (χ0v) is 8.23. The van der Waals surface area contributed by atoms with E-state index in [2.05, 4.69) is 10.1 Å². The van der Waals surface area contributed by atoms with E-state index < -0.39 is 0 Å². The maximum Gasteiger partial charge on any atom is 0.155 e. The van der Waals surface area contributed by atoms with E-state index in [9.17, 15) is 0 Å². The fourth-order valence-corrected chi connectivity index (χ4v) is 1.53. The lowest BCUT2D eigenvalue weighted by Crippen LogP contribution is -1.95. The fraction of sp³-hybridized carbons (Fsp3) is 0.111. The van der Waals surface area contributed by atoms with Crippen LogP contribution in [-0.2, 0) is 7.05 Å². The molecular weight excluding hydrogens is 202 g/mol. The zero-order valence-electron chi connectivity index (χ0n) is 7.48. The molecule has 0 bridgehead atoms. The Bertz CT molecular complexity index is 504.